The summed E-state index contributed by atoms with van der Waals surface area (Å²) in [4.78, 5) is 2.51. The van der Waals surface area contributed by atoms with Crippen LogP contribution in [0.4, 0.5) is 0 Å². The third kappa shape index (κ3) is 3.53. The summed E-state index contributed by atoms with van der Waals surface area (Å²) >= 11 is 0. The van der Waals surface area contributed by atoms with E-state index in [1.54, 1.807) is 0 Å². The Balaban J connectivity index is 2.93. The molecule has 0 fully saturated rings. The maximum atomic E-state index is 7.55. The molecule has 0 aromatic carbocycles. The van der Waals surface area contributed by atoms with Crippen LogP contribution in [0.3, 0.4) is 0 Å². The van der Waals surface area contributed by atoms with Crippen LogP contribution in [0.2, 0.25) is 0 Å². The molecule has 0 saturated carbocycles. The SMILES string of the molecule is [N-]=[N+]=NC[SiH3]. The molecule has 3 nitrogen and oxygen atoms in total. The molecular weight excluding hydrogens is 82.1 g/mol. The second kappa shape index (κ2) is 3.53. The molecule has 0 aromatic heterocycles. The number of azide groups is 1. The molecule has 0 radical (unpaired) electrons. The van der Waals surface area contributed by atoms with Gasteiger partial charge in [0.2, 0.25) is 0 Å². The molecule has 0 heterocycles. The standard InChI is InChI=1S/CH5N3Si/c2-4-3-1-5/h1H2,5H3. The first-order valence-electron chi connectivity index (χ1n) is 1.42. The van der Waals surface area contributed by atoms with Crippen molar-refractivity contribution in [1.82, 2.24) is 0 Å². The molecule has 0 aromatic rings. The highest BCUT2D eigenvalue weighted by atomic mass is 28.1. The zero-order chi connectivity index (χ0) is 4.12. The molecule has 5 heavy (non-hydrogen) atoms. The third-order valence-corrected chi connectivity index (χ3v) is 0.488. The lowest BCUT2D eigenvalue weighted by molar-refractivity contribution is 1.32. The van der Waals surface area contributed by atoms with Gasteiger partial charge in [-0.3, -0.25) is 0 Å². The maximum Gasteiger partial charge on any atom is 0.0114 e. The molecule has 0 aliphatic rings. The largest absolute Gasteiger partial charge is 0.0978 e. The minimum atomic E-state index is 0.691. The average molecular weight is 87.2 g/mol. The van der Waals surface area contributed by atoms with Gasteiger partial charge < -0.3 is 0 Å². The summed E-state index contributed by atoms with van der Waals surface area (Å²) in [6.07, 6.45) is 0.691. The van der Waals surface area contributed by atoms with E-state index in [0.29, 0.717) is 6.17 Å². The Kier molecular flexibility index (Phi) is 3.19. The van der Waals surface area contributed by atoms with E-state index >= 15 is 0 Å². The van der Waals surface area contributed by atoms with Crippen molar-refractivity contribution in [3.63, 3.8) is 0 Å². The third-order valence-electron chi connectivity index (χ3n) is 0.205. The first-order valence-corrected chi connectivity index (χ1v) is 2.84. The summed E-state index contributed by atoms with van der Waals surface area (Å²) in [6.45, 7) is 0. The maximum absolute atomic E-state index is 7.55. The first kappa shape index (κ1) is 4.53. The molecule has 0 aliphatic carbocycles. The Hall–Kier alpha value is -0.473. The molecule has 0 spiro atoms. The lowest BCUT2D eigenvalue weighted by Gasteiger charge is -1.56. The Labute approximate surface area is 33.0 Å². The lowest BCUT2D eigenvalue weighted by atomic mass is 11.5. The Morgan fingerprint density at radius 3 is 2.60 bits per heavy atom. The van der Waals surface area contributed by atoms with Crippen molar-refractivity contribution in [3.8, 4) is 0 Å². The van der Waals surface area contributed by atoms with Crippen LogP contribution in [0.5, 0.6) is 0 Å². The van der Waals surface area contributed by atoms with Crippen LogP contribution in [0.25, 0.3) is 10.4 Å². The summed E-state index contributed by atoms with van der Waals surface area (Å²) in [6, 6.07) is 0. The van der Waals surface area contributed by atoms with Gasteiger partial charge in [0.15, 0.2) is 0 Å². The van der Waals surface area contributed by atoms with Crippen molar-refractivity contribution >= 4 is 10.2 Å². The summed E-state index contributed by atoms with van der Waals surface area (Å²) < 4.78 is 0. The quantitative estimate of drug-likeness (QED) is 0.181. The van der Waals surface area contributed by atoms with Crippen molar-refractivity contribution in [2.75, 3.05) is 6.17 Å². The predicted molar refractivity (Wildman–Crippen MR) is 24.0 cm³/mol. The summed E-state index contributed by atoms with van der Waals surface area (Å²) in [5, 5.41) is 3.21. The molecule has 0 aliphatic heterocycles. The molecular formula is CH5N3Si. The van der Waals surface area contributed by atoms with Crippen LogP contribution < -0.4 is 0 Å². The molecule has 0 bridgehead atoms. The highest BCUT2D eigenvalue weighted by Gasteiger charge is 1.52. The zero-order valence-electron chi connectivity index (χ0n) is 3.05. The fourth-order valence-corrected chi connectivity index (χ4v) is 0.190. The van der Waals surface area contributed by atoms with Gasteiger partial charge in [-0.15, -0.1) is 0 Å². The molecule has 0 rings (SSSR count). The van der Waals surface area contributed by atoms with E-state index in [2.05, 4.69) is 10.0 Å². The minimum Gasteiger partial charge on any atom is -0.0978 e. The molecule has 0 amide bonds. The van der Waals surface area contributed by atoms with Crippen LogP contribution in [-0.4, -0.2) is 16.4 Å². The molecule has 0 saturated heterocycles. The Morgan fingerprint density at radius 1 is 2.00 bits per heavy atom. The lowest BCUT2D eigenvalue weighted by Crippen LogP contribution is -1.65. The van der Waals surface area contributed by atoms with Crippen molar-refractivity contribution < 1.29 is 0 Å². The van der Waals surface area contributed by atoms with Crippen LogP contribution in [0.1, 0.15) is 0 Å². The Morgan fingerprint density at radius 2 is 2.60 bits per heavy atom. The number of hydrogen-bond donors (Lipinski definition) is 0. The second-order valence-electron chi connectivity index (χ2n) is 0.547. The smallest absolute Gasteiger partial charge is 0.0114 e. The van der Waals surface area contributed by atoms with E-state index in [-0.39, 0.29) is 0 Å². The molecule has 0 N–H and O–H groups in total. The van der Waals surface area contributed by atoms with Crippen molar-refractivity contribution in [1.29, 1.82) is 0 Å². The van der Waals surface area contributed by atoms with E-state index in [9.17, 15) is 0 Å². The van der Waals surface area contributed by atoms with Gasteiger partial charge in [-0.25, -0.2) is 0 Å². The number of rotatable bonds is 1. The highest BCUT2D eigenvalue weighted by molar-refractivity contribution is 6.08. The van der Waals surface area contributed by atoms with Crippen LogP contribution in [-0.2, 0) is 0 Å². The minimum absolute atomic E-state index is 0.691. The monoisotopic (exact) mass is 87.0 g/mol. The number of hydrogen-bond acceptors (Lipinski definition) is 1. The van der Waals surface area contributed by atoms with Crippen LogP contribution in [0.15, 0.2) is 5.11 Å². The van der Waals surface area contributed by atoms with E-state index in [1.165, 1.54) is 0 Å². The van der Waals surface area contributed by atoms with E-state index in [1.807, 2.05) is 0 Å². The van der Waals surface area contributed by atoms with Gasteiger partial charge in [0.1, 0.15) is 0 Å². The van der Waals surface area contributed by atoms with Gasteiger partial charge in [-0.05, 0) is 5.53 Å². The van der Waals surface area contributed by atoms with Gasteiger partial charge in [-0.1, -0.05) is 5.11 Å². The summed E-state index contributed by atoms with van der Waals surface area (Å²) in [5.41, 5.74) is 7.55. The zero-order valence-corrected chi connectivity index (χ0v) is 5.05. The molecule has 28 valence electrons. The summed E-state index contributed by atoms with van der Waals surface area (Å²) in [7, 11) is 0.978. The molecule has 0 unspecified atom stereocenters. The highest BCUT2D eigenvalue weighted by Crippen LogP contribution is 1.56. The van der Waals surface area contributed by atoms with Crippen molar-refractivity contribution in [2.24, 2.45) is 5.11 Å². The van der Waals surface area contributed by atoms with E-state index in [0.717, 1.165) is 10.2 Å². The van der Waals surface area contributed by atoms with Crippen molar-refractivity contribution in [3.05, 3.63) is 10.4 Å². The van der Waals surface area contributed by atoms with Crippen molar-refractivity contribution in [2.45, 2.75) is 0 Å². The first-order chi connectivity index (χ1) is 2.41. The van der Waals surface area contributed by atoms with Crippen LogP contribution >= 0.6 is 0 Å². The fourth-order valence-electron chi connectivity index (χ4n) is 0.0632. The van der Waals surface area contributed by atoms with E-state index < -0.39 is 0 Å². The number of nitrogens with zero attached hydrogens (tertiary/aromatic N) is 3. The average Bonchev–Trinajstić information content (AvgIpc) is 1.41. The van der Waals surface area contributed by atoms with Gasteiger partial charge >= 0.3 is 0 Å². The Bertz CT molecular complexity index is 53.9. The van der Waals surface area contributed by atoms with Crippen LogP contribution in [0, 0.1) is 0 Å². The summed E-state index contributed by atoms with van der Waals surface area (Å²) in [5.74, 6) is 0. The second-order valence-corrected chi connectivity index (χ2v) is 1.18. The predicted octanol–water partition coefficient (Wildman–Crippen LogP) is -0.380. The molecule has 0 atom stereocenters. The van der Waals surface area contributed by atoms with Gasteiger partial charge in [0, 0.05) is 21.3 Å². The van der Waals surface area contributed by atoms with E-state index in [4.69, 9.17) is 5.53 Å². The van der Waals surface area contributed by atoms with Gasteiger partial charge in [0.25, 0.3) is 0 Å². The normalized spacial score (nSPS) is 6.40. The topological polar surface area (TPSA) is 48.8 Å². The van der Waals surface area contributed by atoms with Gasteiger partial charge in [-0.2, -0.15) is 0 Å². The van der Waals surface area contributed by atoms with Gasteiger partial charge in [0.05, 0.1) is 0 Å². The molecule has 4 heteroatoms. The fraction of sp³-hybridized carbons (Fsp3) is 1.00.